The maximum atomic E-state index is 12.7. The zero-order chi connectivity index (χ0) is 10.8. The molecule has 1 unspecified atom stereocenters. The van der Waals surface area contributed by atoms with Gasteiger partial charge in [0.05, 0.1) is 0 Å². The lowest BCUT2D eigenvalue weighted by molar-refractivity contribution is -0.0938. The van der Waals surface area contributed by atoms with E-state index < -0.39 is 11.0 Å². The van der Waals surface area contributed by atoms with Gasteiger partial charge in [0.15, 0.2) is 0 Å². The van der Waals surface area contributed by atoms with E-state index in [2.05, 4.69) is 11.6 Å². The second-order valence-electron chi connectivity index (χ2n) is 2.69. The topological polar surface area (TPSA) is 44.0 Å². The smallest absolute Gasteiger partial charge is 0.366 e. The molecule has 74 valence electrons. The molecule has 1 rings (SSSR count). The molecule has 1 N–H and O–H groups in total. The summed E-state index contributed by atoms with van der Waals surface area (Å²) >= 11 is 4.67. The fraction of sp³-hybridized carbons (Fsp3) is 0.222. The fourth-order valence-electron chi connectivity index (χ4n) is 0.971. The van der Waals surface area contributed by atoms with Gasteiger partial charge in [-0.1, -0.05) is 30.3 Å². The van der Waals surface area contributed by atoms with E-state index in [1.807, 2.05) is 0 Å². The van der Waals surface area contributed by atoms with Gasteiger partial charge in [-0.2, -0.15) is 14.0 Å². The summed E-state index contributed by atoms with van der Waals surface area (Å²) in [7, 11) is 0. The van der Waals surface area contributed by atoms with Crippen LogP contribution in [-0.4, -0.2) is 10.5 Å². The second-order valence-corrected chi connectivity index (χ2v) is 3.16. The molecule has 0 saturated carbocycles. The van der Waals surface area contributed by atoms with Crippen molar-refractivity contribution in [2.45, 2.75) is 11.0 Å². The third-order valence-electron chi connectivity index (χ3n) is 1.76. The van der Waals surface area contributed by atoms with Crippen molar-refractivity contribution in [2.75, 3.05) is 0 Å². The molecule has 0 saturated heterocycles. The van der Waals surface area contributed by atoms with E-state index in [4.69, 9.17) is 5.26 Å². The Morgan fingerprint density at radius 2 is 1.79 bits per heavy atom. The van der Waals surface area contributed by atoms with Gasteiger partial charge in [-0.3, -0.25) is 0 Å². The number of halogens is 3. The molecule has 1 aromatic rings. The van der Waals surface area contributed by atoms with Gasteiger partial charge >= 0.3 is 5.38 Å². The molecule has 0 aliphatic heterocycles. The highest BCUT2D eigenvalue weighted by Gasteiger charge is 2.53. The summed E-state index contributed by atoms with van der Waals surface area (Å²) in [5, 5.41) is 13.9. The first-order chi connectivity index (χ1) is 6.42. The van der Waals surface area contributed by atoms with Crippen molar-refractivity contribution in [2.24, 2.45) is 0 Å². The number of hydrogen-bond donors (Lipinski definition) is 1. The Morgan fingerprint density at radius 1 is 1.29 bits per heavy atom. The summed E-state index contributed by atoms with van der Waals surface area (Å²) in [6, 6.07) is 7.96. The van der Waals surface area contributed by atoms with Crippen LogP contribution in [0.5, 0.6) is 0 Å². The van der Waals surface area contributed by atoms with Crippen LogP contribution in [0.15, 0.2) is 30.3 Å². The fourth-order valence-corrected chi connectivity index (χ4v) is 1.12. The molecule has 0 spiro atoms. The molecule has 0 fully saturated rings. The van der Waals surface area contributed by atoms with E-state index in [-0.39, 0.29) is 5.56 Å². The van der Waals surface area contributed by atoms with Crippen LogP contribution in [0, 0.1) is 11.3 Å². The van der Waals surface area contributed by atoms with Crippen LogP contribution in [0.2, 0.25) is 0 Å². The van der Waals surface area contributed by atoms with Crippen LogP contribution >= 0.6 is 11.6 Å². The molecule has 0 aromatic heterocycles. The van der Waals surface area contributed by atoms with E-state index >= 15 is 0 Å². The lowest BCUT2D eigenvalue weighted by Crippen LogP contribution is -2.39. The monoisotopic (exact) mass is 217 g/mol. The number of nitrogens with zero attached hydrogens (tertiary/aromatic N) is 1. The Hall–Kier alpha value is -1.18. The summed E-state index contributed by atoms with van der Waals surface area (Å²) in [6.45, 7) is 0. The van der Waals surface area contributed by atoms with E-state index in [1.165, 1.54) is 24.3 Å². The summed E-state index contributed by atoms with van der Waals surface area (Å²) in [5.74, 6) is 0. The van der Waals surface area contributed by atoms with E-state index in [0.717, 1.165) is 6.07 Å². The van der Waals surface area contributed by atoms with Crippen LogP contribution in [0.4, 0.5) is 8.78 Å². The SMILES string of the molecule is N#CC(O)(c1ccccc1)C(F)(F)Cl. The maximum Gasteiger partial charge on any atom is 0.367 e. The Bertz CT molecular complexity index is 357. The first-order valence-electron chi connectivity index (χ1n) is 3.67. The largest absolute Gasteiger partial charge is 0.367 e. The minimum absolute atomic E-state index is 0.234. The molecule has 2 nitrogen and oxygen atoms in total. The first-order valence-corrected chi connectivity index (χ1v) is 4.05. The summed E-state index contributed by atoms with van der Waals surface area (Å²) in [4.78, 5) is 0. The quantitative estimate of drug-likeness (QED) is 0.610. The van der Waals surface area contributed by atoms with Crippen molar-refractivity contribution < 1.29 is 13.9 Å². The van der Waals surface area contributed by atoms with Crippen LogP contribution in [0.1, 0.15) is 5.56 Å². The van der Waals surface area contributed by atoms with Crippen LogP contribution in [-0.2, 0) is 5.60 Å². The van der Waals surface area contributed by atoms with E-state index in [9.17, 15) is 13.9 Å². The Morgan fingerprint density at radius 3 is 2.14 bits per heavy atom. The molecule has 14 heavy (non-hydrogen) atoms. The Kier molecular flexibility index (Phi) is 2.74. The van der Waals surface area contributed by atoms with Crippen LogP contribution in [0.25, 0.3) is 0 Å². The molecular formula is C9H6ClF2NO. The molecule has 5 heteroatoms. The molecule has 0 aliphatic carbocycles. The number of hydrogen-bond acceptors (Lipinski definition) is 2. The van der Waals surface area contributed by atoms with Gasteiger partial charge in [0, 0.05) is 5.56 Å². The number of benzene rings is 1. The van der Waals surface area contributed by atoms with Gasteiger partial charge in [0.1, 0.15) is 6.07 Å². The van der Waals surface area contributed by atoms with Crippen molar-refractivity contribution in [3.63, 3.8) is 0 Å². The lowest BCUT2D eigenvalue weighted by Gasteiger charge is -2.24. The third-order valence-corrected chi connectivity index (χ3v) is 2.04. The Balaban J connectivity index is 3.25. The minimum atomic E-state index is -4.02. The first kappa shape index (κ1) is 10.9. The van der Waals surface area contributed by atoms with Crippen molar-refractivity contribution in [1.29, 1.82) is 5.26 Å². The Labute approximate surface area is 84.3 Å². The van der Waals surface area contributed by atoms with Gasteiger partial charge in [-0.25, -0.2) is 0 Å². The van der Waals surface area contributed by atoms with Gasteiger partial charge in [0.25, 0.3) is 5.60 Å². The summed E-state index contributed by atoms with van der Waals surface area (Å²) < 4.78 is 25.5. The highest BCUT2D eigenvalue weighted by molar-refractivity contribution is 6.22. The normalized spacial score (nSPS) is 15.6. The number of aliphatic hydroxyl groups is 1. The second kappa shape index (κ2) is 3.52. The lowest BCUT2D eigenvalue weighted by atomic mass is 9.96. The van der Waals surface area contributed by atoms with Crippen molar-refractivity contribution >= 4 is 11.6 Å². The summed E-state index contributed by atoms with van der Waals surface area (Å²) in [5.41, 5.74) is -3.22. The van der Waals surface area contributed by atoms with Gasteiger partial charge < -0.3 is 5.11 Å². The zero-order valence-electron chi connectivity index (χ0n) is 6.92. The highest BCUT2D eigenvalue weighted by Crippen LogP contribution is 2.40. The van der Waals surface area contributed by atoms with Crippen molar-refractivity contribution in [1.82, 2.24) is 0 Å². The zero-order valence-corrected chi connectivity index (χ0v) is 7.67. The molecule has 1 atom stereocenters. The molecule has 1 aromatic carbocycles. The van der Waals surface area contributed by atoms with Crippen LogP contribution in [0.3, 0.4) is 0 Å². The predicted octanol–water partition coefficient (Wildman–Crippen LogP) is 2.23. The number of nitriles is 1. The van der Waals surface area contributed by atoms with Gasteiger partial charge in [-0.15, -0.1) is 0 Å². The number of rotatable bonds is 2. The summed E-state index contributed by atoms with van der Waals surface area (Å²) in [6.07, 6.45) is 0. The van der Waals surface area contributed by atoms with Gasteiger partial charge in [-0.05, 0) is 11.6 Å². The molecular weight excluding hydrogens is 212 g/mol. The average Bonchev–Trinajstić information content (AvgIpc) is 2.16. The predicted molar refractivity (Wildman–Crippen MR) is 46.8 cm³/mol. The standard InChI is InChI=1S/C9H6ClF2NO/c10-9(11,12)8(14,6-13)7-4-2-1-3-5-7/h1-5,14H. The van der Waals surface area contributed by atoms with E-state index in [0.29, 0.717) is 0 Å². The van der Waals surface area contributed by atoms with Crippen LogP contribution < -0.4 is 0 Å². The maximum absolute atomic E-state index is 12.7. The van der Waals surface area contributed by atoms with Crippen molar-refractivity contribution in [3.05, 3.63) is 35.9 Å². The minimum Gasteiger partial charge on any atom is -0.366 e. The molecule has 0 bridgehead atoms. The number of alkyl halides is 3. The molecule has 0 amide bonds. The van der Waals surface area contributed by atoms with Crippen molar-refractivity contribution in [3.8, 4) is 6.07 Å². The third kappa shape index (κ3) is 1.69. The molecule has 0 aliphatic rings. The van der Waals surface area contributed by atoms with E-state index in [1.54, 1.807) is 6.07 Å². The van der Waals surface area contributed by atoms with Gasteiger partial charge in [0.2, 0.25) is 0 Å². The molecule has 0 heterocycles. The highest BCUT2D eigenvalue weighted by atomic mass is 35.5. The average molecular weight is 218 g/mol. The molecule has 0 radical (unpaired) electrons.